The highest BCUT2D eigenvalue weighted by molar-refractivity contribution is 14.1. The highest BCUT2D eigenvalue weighted by Crippen LogP contribution is 2.71. The number of ether oxygens (including phenoxy) is 2. The zero-order chi connectivity index (χ0) is 41.5. The maximum atomic E-state index is 6.09. The summed E-state index contributed by atoms with van der Waals surface area (Å²) in [5.41, 5.74) is 1.82. The van der Waals surface area contributed by atoms with Crippen LogP contribution < -0.4 is 10.2 Å². The van der Waals surface area contributed by atoms with E-state index < -0.39 is 16.1 Å². The minimum absolute atomic E-state index is 0. The van der Waals surface area contributed by atoms with Gasteiger partial charge in [-0.3, -0.25) is 0 Å². The van der Waals surface area contributed by atoms with Gasteiger partial charge in [-0.15, -0.1) is 26.8 Å². The third-order valence-electron chi connectivity index (χ3n) is 9.25. The molecule has 6 rings (SSSR count). The number of halogens is 3. The van der Waals surface area contributed by atoms with Crippen LogP contribution in [-0.2, 0) is 22.9 Å². The molecule has 2 saturated heterocycles. The Hall–Kier alpha value is 1.25. The lowest BCUT2D eigenvalue weighted by molar-refractivity contribution is 0.0897. The molecule has 0 radical (unpaired) electrons. The zero-order valence-corrected chi connectivity index (χ0v) is 47.1. The second kappa shape index (κ2) is 27.4. The Morgan fingerprint density at radius 2 is 1.35 bits per heavy atom. The van der Waals surface area contributed by atoms with Crippen LogP contribution in [0.25, 0.3) is 22.1 Å². The van der Waals surface area contributed by atoms with Crippen molar-refractivity contribution >= 4 is 143 Å². The Labute approximate surface area is 388 Å². The van der Waals surface area contributed by atoms with Crippen molar-refractivity contribution in [3.8, 4) is 0 Å². The van der Waals surface area contributed by atoms with Gasteiger partial charge < -0.3 is 28.8 Å². The van der Waals surface area contributed by atoms with Crippen LogP contribution in [0, 0.1) is 19.0 Å². The van der Waals surface area contributed by atoms with Crippen molar-refractivity contribution in [2.45, 2.75) is 112 Å². The number of piperidine rings is 2. The molecule has 0 aliphatic carbocycles. The Kier molecular flexibility index (Phi) is 26.2. The van der Waals surface area contributed by atoms with Gasteiger partial charge in [-0.1, -0.05) is 80.1 Å². The molecule has 6 heterocycles. The highest BCUT2D eigenvalue weighted by atomic mass is 127. The normalized spacial score (nSPS) is 17.5. The molecular formula is C37H70ClI2N8O2P5Si2. The van der Waals surface area contributed by atoms with Gasteiger partial charge in [0.2, 0.25) is 0 Å². The molecular weight excluding hydrogens is 1090 g/mol. The summed E-state index contributed by atoms with van der Waals surface area (Å²) in [6.45, 7) is 26.4. The molecule has 0 spiro atoms. The van der Waals surface area contributed by atoms with Gasteiger partial charge in [0.15, 0.2) is 0 Å². The number of hydrogen-bond acceptors (Lipinski definition) is 8. The average molecular weight is 1160 g/mol. The molecule has 324 valence electrons. The van der Waals surface area contributed by atoms with Gasteiger partial charge in [0.05, 0.1) is 10.8 Å². The summed E-state index contributed by atoms with van der Waals surface area (Å²) in [5, 5.41) is 5.90. The molecule has 4 aromatic heterocycles. The number of fused-ring (bicyclic) bond motifs is 2. The van der Waals surface area contributed by atoms with Crippen molar-refractivity contribution < 1.29 is 9.47 Å². The summed E-state index contributed by atoms with van der Waals surface area (Å²) in [4.78, 5) is 19.9. The van der Waals surface area contributed by atoms with E-state index in [9.17, 15) is 0 Å². The largest absolute Gasteiger partial charge is 0.361 e. The molecule has 0 amide bonds. The SMILES string of the molecule is C.C[C@H]1CCCN(c2ncnc3c2c(I)cn3COCC[Si](C)(C)C)C1.C[C@H]1CCCNC1.C[Si](C)(C)CCOCn1cc(I)c2c(Cl)ncnc21.PPP(P)P. The first-order chi connectivity index (χ1) is 26.4. The molecule has 2 aliphatic heterocycles. The van der Waals surface area contributed by atoms with E-state index >= 15 is 0 Å². The summed E-state index contributed by atoms with van der Waals surface area (Å²) >= 11 is 10.7. The smallest absolute Gasteiger partial charge is 0.148 e. The fraction of sp³-hybridized carbons (Fsp3) is 0.676. The predicted octanol–water partition coefficient (Wildman–Crippen LogP) is 12.7. The first-order valence-corrected chi connectivity index (χ1v) is 37.6. The van der Waals surface area contributed by atoms with Crippen molar-refractivity contribution in [3.63, 3.8) is 0 Å². The van der Waals surface area contributed by atoms with E-state index in [0.717, 1.165) is 72.2 Å². The quantitative estimate of drug-likeness (QED) is 0.0493. The summed E-state index contributed by atoms with van der Waals surface area (Å²) in [7, 11) is 7.15. The molecule has 10 nitrogen and oxygen atoms in total. The Bertz CT molecular complexity index is 1760. The number of rotatable bonds is 12. The van der Waals surface area contributed by atoms with Crippen LogP contribution in [0.2, 0.25) is 56.5 Å². The van der Waals surface area contributed by atoms with E-state index in [1.54, 1.807) is 6.33 Å². The maximum Gasteiger partial charge on any atom is 0.148 e. The molecule has 6 atom stereocenters. The van der Waals surface area contributed by atoms with Crippen LogP contribution in [0.5, 0.6) is 0 Å². The Morgan fingerprint density at radius 3 is 1.81 bits per heavy atom. The van der Waals surface area contributed by atoms with Crippen LogP contribution >= 0.6 is 98.5 Å². The Morgan fingerprint density at radius 1 is 0.842 bits per heavy atom. The van der Waals surface area contributed by atoms with Gasteiger partial charge in [-0.05, 0) is 115 Å². The monoisotopic (exact) mass is 1160 g/mol. The number of hydrogen-bond donors (Lipinski definition) is 1. The summed E-state index contributed by atoms with van der Waals surface area (Å²) < 4.78 is 18.0. The highest BCUT2D eigenvalue weighted by Gasteiger charge is 2.23. The number of aromatic nitrogens is 6. The summed E-state index contributed by atoms with van der Waals surface area (Å²) in [5.74, 6) is 2.74. The standard InChI is InChI=1S/C18H29IN4OSi.C12H17ClIN3OSi.C6H13N.CH4.H7P5/c1-14-6-5-7-22(10-14)17-16-15(19)11-23(18(16)21-12-20-17)13-24-8-9-25(2,3)4;1-19(2,3)5-4-18-8-17-6-9(14)10-11(13)15-7-16-12(10)17;1-6-3-2-4-7-5-6;;1-4-5(2)3/h11-12,14H,5-10,13H2,1-4H3;6-7H,4-5,8H2,1-3H3;6-7H,2-5H2,1H3;1H4;4H,1-3H2/t14-;;6-;;/m0.0../s1. The number of nitrogens with zero attached hydrogens (tertiary/aromatic N) is 7. The topological polar surface area (TPSA) is 95.2 Å². The molecule has 2 fully saturated rings. The van der Waals surface area contributed by atoms with Crippen LogP contribution in [0.3, 0.4) is 0 Å². The number of anilines is 1. The van der Waals surface area contributed by atoms with E-state index in [1.807, 2.05) is 10.8 Å². The minimum Gasteiger partial charge on any atom is -0.361 e. The van der Waals surface area contributed by atoms with Gasteiger partial charge in [0.25, 0.3) is 0 Å². The number of nitrogens with one attached hydrogen (secondary N) is 1. The first kappa shape index (κ1) is 54.4. The average Bonchev–Trinajstić information content (AvgIpc) is 3.64. The third-order valence-corrected chi connectivity index (χ3v) is 26.5. The second-order valence-corrected chi connectivity index (χ2v) is 44.9. The van der Waals surface area contributed by atoms with Crippen LogP contribution in [0.15, 0.2) is 25.0 Å². The summed E-state index contributed by atoms with van der Waals surface area (Å²) in [6.07, 6.45) is 12.7. The van der Waals surface area contributed by atoms with Gasteiger partial charge in [-0.25, -0.2) is 19.9 Å². The van der Waals surface area contributed by atoms with Gasteiger partial charge in [0.1, 0.15) is 48.4 Å². The predicted molar refractivity (Wildman–Crippen MR) is 287 cm³/mol. The second-order valence-electron chi connectivity index (χ2n) is 17.0. The molecule has 4 aromatic rings. The fourth-order valence-corrected chi connectivity index (χ4v) is 9.58. The van der Waals surface area contributed by atoms with E-state index in [2.05, 4.69) is 166 Å². The lowest BCUT2D eigenvalue weighted by Gasteiger charge is -2.32. The minimum atomic E-state index is -1.05. The van der Waals surface area contributed by atoms with Gasteiger partial charge in [-0.2, -0.15) is 0 Å². The van der Waals surface area contributed by atoms with Gasteiger partial charge >= 0.3 is 0 Å². The Balaban J connectivity index is 0.000000307. The first-order valence-electron chi connectivity index (χ1n) is 19.4. The van der Waals surface area contributed by atoms with Crippen LogP contribution in [-0.4, -0.2) is 84.6 Å². The molecule has 0 aromatic carbocycles. The lowest BCUT2D eigenvalue weighted by atomic mass is 10.0. The molecule has 20 heteroatoms. The van der Waals surface area contributed by atoms with Crippen molar-refractivity contribution in [2.24, 2.45) is 11.8 Å². The van der Waals surface area contributed by atoms with Crippen molar-refractivity contribution in [1.82, 2.24) is 34.4 Å². The lowest BCUT2D eigenvalue weighted by Crippen LogP contribution is -2.35. The van der Waals surface area contributed by atoms with E-state index in [1.165, 1.54) is 66.1 Å². The van der Waals surface area contributed by atoms with Crippen LogP contribution in [0.4, 0.5) is 5.82 Å². The van der Waals surface area contributed by atoms with E-state index in [-0.39, 0.29) is 14.4 Å². The van der Waals surface area contributed by atoms with E-state index in [0.29, 0.717) is 18.6 Å². The van der Waals surface area contributed by atoms with Crippen LogP contribution in [0.1, 0.15) is 47.0 Å². The third kappa shape index (κ3) is 20.1. The van der Waals surface area contributed by atoms with Gasteiger partial charge in [0, 0.05) is 62.0 Å². The van der Waals surface area contributed by atoms with Crippen molar-refractivity contribution in [2.75, 3.05) is 44.3 Å². The molecule has 57 heavy (non-hydrogen) atoms. The maximum absolute atomic E-state index is 6.09. The molecule has 1 N–H and O–H groups in total. The zero-order valence-electron chi connectivity index (χ0n) is 34.6. The van der Waals surface area contributed by atoms with Crippen molar-refractivity contribution in [3.05, 3.63) is 37.3 Å². The molecule has 4 unspecified atom stereocenters. The van der Waals surface area contributed by atoms with Crippen molar-refractivity contribution in [1.29, 1.82) is 0 Å². The molecule has 0 saturated carbocycles. The summed E-state index contributed by atoms with van der Waals surface area (Å²) in [6, 6.07) is 2.36. The fourth-order valence-electron chi connectivity index (χ4n) is 6.03. The molecule has 2 aliphatic rings. The van der Waals surface area contributed by atoms with E-state index in [4.69, 9.17) is 21.1 Å². The molecule has 0 bridgehead atoms.